The molecule has 3 nitrogen and oxygen atoms in total. The van der Waals surface area contributed by atoms with E-state index in [9.17, 15) is 4.79 Å². The number of hydrogen-bond acceptors (Lipinski definition) is 2. The van der Waals surface area contributed by atoms with Crippen LogP contribution in [0.2, 0.25) is 0 Å². The molecule has 2 rings (SSSR count). The van der Waals surface area contributed by atoms with Gasteiger partial charge in [0, 0.05) is 6.54 Å². The second kappa shape index (κ2) is 7.88. The Kier molecular flexibility index (Phi) is 6.49. The predicted molar refractivity (Wildman–Crippen MR) is 85.9 cm³/mol. The lowest BCUT2D eigenvalue weighted by Gasteiger charge is -2.12. The molecule has 4 heteroatoms. The summed E-state index contributed by atoms with van der Waals surface area (Å²) in [5.74, 6) is -0.0743. The van der Waals surface area contributed by atoms with Crippen LogP contribution in [-0.4, -0.2) is 11.9 Å². The third kappa shape index (κ3) is 3.95. The maximum atomic E-state index is 11.8. The van der Waals surface area contributed by atoms with Gasteiger partial charge in [0.2, 0.25) is 5.91 Å². The largest absolute Gasteiger partial charge is 0.351 e. The van der Waals surface area contributed by atoms with Crippen LogP contribution >= 0.6 is 12.4 Å². The highest BCUT2D eigenvalue weighted by atomic mass is 35.5. The Labute approximate surface area is 126 Å². The van der Waals surface area contributed by atoms with Gasteiger partial charge in [-0.1, -0.05) is 55.8 Å². The zero-order valence-electron chi connectivity index (χ0n) is 11.6. The molecule has 1 amide bonds. The standard InChI is InChI=1S/C16H20N2O.ClH/c1-2-6-15(17)16(19)18-11-13-9-5-8-12-7-3-4-10-14(12)13;/h3-5,7-10,15H,2,6,11,17H2,1H3,(H,18,19);1H. The van der Waals surface area contributed by atoms with E-state index in [4.69, 9.17) is 5.73 Å². The van der Waals surface area contributed by atoms with Gasteiger partial charge in [-0.15, -0.1) is 12.4 Å². The Morgan fingerprint density at radius 1 is 1.20 bits per heavy atom. The van der Waals surface area contributed by atoms with Gasteiger partial charge in [-0.05, 0) is 22.8 Å². The first-order chi connectivity index (χ1) is 9.22. The highest BCUT2D eigenvalue weighted by molar-refractivity contribution is 5.86. The van der Waals surface area contributed by atoms with Crippen molar-refractivity contribution in [3.05, 3.63) is 48.0 Å². The van der Waals surface area contributed by atoms with E-state index in [0.717, 1.165) is 18.4 Å². The van der Waals surface area contributed by atoms with E-state index in [2.05, 4.69) is 23.5 Å². The lowest BCUT2D eigenvalue weighted by Crippen LogP contribution is -2.40. The van der Waals surface area contributed by atoms with Crippen molar-refractivity contribution in [2.75, 3.05) is 0 Å². The summed E-state index contributed by atoms with van der Waals surface area (Å²) in [6.45, 7) is 2.55. The molecule has 0 aliphatic heterocycles. The van der Waals surface area contributed by atoms with Gasteiger partial charge in [0.25, 0.3) is 0 Å². The summed E-state index contributed by atoms with van der Waals surface area (Å²) in [5, 5.41) is 5.27. The molecule has 0 aromatic heterocycles. The fourth-order valence-corrected chi connectivity index (χ4v) is 2.20. The number of amides is 1. The summed E-state index contributed by atoms with van der Waals surface area (Å²) in [4.78, 5) is 11.8. The number of benzene rings is 2. The van der Waals surface area contributed by atoms with Gasteiger partial charge < -0.3 is 11.1 Å². The summed E-state index contributed by atoms with van der Waals surface area (Å²) in [6.07, 6.45) is 1.64. The Bertz CT molecular complexity index is 566. The lowest BCUT2D eigenvalue weighted by atomic mass is 10.0. The van der Waals surface area contributed by atoms with Crippen molar-refractivity contribution < 1.29 is 4.79 Å². The molecule has 0 saturated carbocycles. The fourth-order valence-electron chi connectivity index (χ4n) is 2.20. The Morgan fingerprint density at radius 2 is 1.90 bits per heavy atom. The van der Waals surface area contributed by atoms with E-state index in [-0.39, 0.29) is 18.3 Å². The van der Waals surface area contributed by atoms with Crippen molar-refractivity contribution in [1.82, 2.24) is 5.32 Å². The average Bonchev–Trinajstić information content (AvgIpc) is 2.45. The van der Waals surface area contributed by atoms with Crippen LogP contribution in [0.1, 0.15) is 25.3 Å². The third-order valence-corrected chi connectivity index (χ3v) is 3.27. The molecule has 108 valence electrons. The number of carbonyl (C=O) groups excluding carboxylic acids is 1. The zero-order chi connectivity index (χ0) is 13.7. The van der Waals surface area contributed by atoms with Crippen LogP contribution < -0.4 is 11.1 Å². The molecular weight excluding hydrogens is 272 g/mol. The van der Waals surface area contributed by atoms with E-state index in [1.165, 1.54) is 10.8 Å². The molecular formula is C16H21ClN2O. The summed E-state index contributed by atoms with van der Waals surface area (Å²) in [6, 6.07) is 13.9. The van der Waals surface area contributed by atoms with Gasteiger partial charge in [0.05, 0.1) is 6.04 Å². The smallest absolute Gasteiger partial charge is 0.237 e. The van der Waals surface area contributed by atoms with Crippen LogP contribution in [0.15, 0.2) is 42.5 Å². The maximum Gasteiger partial charge on any atom is 0.237 e. The van der Waals surface area contributed by atoms with E-state index in [0.29, 0.717) is 6.54 Å². The zero-order valence-corrected chi connectivity index (χ0v) is 12.5. The van der Waals surface area contributed by atoms with Gasteiger partial charge in [0.1, 0.15) is 0 Å². The molecule has 0 aliphatic rings. The number of carbonyl (C=O) groups is 1. The Morgan fingerprint density at radius 3 is 2.65 bits per heavy atom. The van der Waals surface area contributed by atoms with Crippen LogP contribution in [0.4, 0.5) is 0 Å². The first-order valence-electron chi connectivity index (χ1n) is 6.72. The monoisotopic (exact) mass is 292 g/mol. The molecule has 20 heavy (non-hydrogen) atoms. The van der Waals surface area contributed by atoms with Crippen molar-refractivity contribution in [1.29, 1.82) is 0 Å². The highest BCUT2D eigenvalue weighted by Crippen LogP contribution is 2.18. The number of hydrogen-bond donors (Lipinski definition) is 2. The fraction of sp³-hybridized carbons (Fsp3) is 0.312. The van der Waals surface area contributed by atoms with E-state index < -0.39 is 6.04 Å². The van der Waals surface area contributed by atoms with Gasteiger partial charge in [0.15, 0.2) is 0 Å². The van der Waals surface area contributed by atoms with Gasteiger partial charge in [-0.2, -0.15) is 0 Å². The quantitative estimate of drug-likeness (QED) is 0.890. The van der Waals surface area contributed by atoms with Gasteiger partial charge in [-0.3, -0.25) is 4.79 Å². The molecule has 0 fully saturated rings. The minimum absolute atomic E-state index is 0. The molecule has 1 unspecified atom stereocenters. The van der Waals surface area contributed by atoms with Crippen LogP contribution in [-0.2, 0) is 11.3 Å². The molecule has 0 aliphatic carbocycles. The molecule has 2 aromatic carbocycles. The Balaban J connectivity index is 0.00000200. The molecule has 3 N–H and O–H groups in total. The second-order valence-electron chi connectivity index (χ2n) is 4.75. The normalized spacial score (nSPS) is 11.7. The van der Waals surface area contributed by atoms with Crippen LogP contribution in [0.3, 0.4) is 0 Å². The Hall–Kier alpha value is -1.58. The number of nitrogens with two attached hydrogens (primary N) is 1. The number of nitrogens with one attached hydrogen (secondary N) is 1. The van der Waals surface area contributed by atoms with Crippen LogP contribution in [0, 0.1) is 0 Å². The van der Waals surface area contributed by atoms with Crippen molar-refractivity contribution in [3.8, 4) is 0 Å². The predicted octanol–water partition coefficient (Wildman–Crippen LogP) is 3.01. The number of fused-ring (bicyclic) bond motifs is 1. The average molecular weight is 293 g/mol. The van der Waals surface area contributed by atoms with Crippen molar-refractivity contribution in [2.45, 2.75) is 32.4 Å². The summed E-state index contributed by atoms with van der Waals surface area (Å²) in [5.41, 5.74) is 6.91. The summed E-state index contributed by atoms with van der Waals surface area (Å²) >= 11 is 0. The van der Waals surface area contributed by atoms with E-state index in [1.807, 2.05) is 31.2 Å². The molecule has 2 aromatic rings. The maximum absolute atomic E-state index is 11.8. The van der Waals surface area contributed by atoms with E-state index in [1.54, 1.807) is 0 Å². The first kappa shape index (κ1) is 16.5. The number of halogens is 1. The van der Waals surface area contributed by atoms with Crippen molar-refractivity contribution >= 4 is 29.1 Å². The van der Waals surface area contributed by atoms with Crippen LogP contribution in [0.25, 0.3) is 10.8 Å². The third-order valence-electron chi connectivity index (χ3n) is 3.27. The first-order valence-corrected chi connectivity index (χ1v) is 6.72. The highest BCUT2D eigenvalue weighted by Gasteiger charge is 2.11. The minimum atomic E-state index is -0.403. The minimum Gasteiger partial charge on any atom is -0.351 e. The van der Waals surface area contributed by atoms with Crippen LogP contribution in [0.5, 0.6) is 0 Å². The second-order valence-corrected chi connectivity index (χ2v) is 4.75. The molecule has 0 heterocycles. The number of rotatable bonds is 5. The van der Waals surface area contributed by atoms with Gasteiger partial charge in [-0.25, -0.2) is 0 Å². The summed E-state index contributed by atoms with van der Waals surface area (Å²) < 4.78 is 0. The molecule has 1 atom stereocenters. The lowest BCUT2D eigenvalue weighted by molar-refractivity contribution is -0.122. The SMILES string of the molecule is CCCC(N)C(=O)NCc1cccc2ccccc12.Cl. The van der Waals surface area contributed by atoms with Crippen molar-refractivity contribution in [3.63, 3.8) is 0 Å². The topological polar surface area (TPSA) is 55.1 Å². The van der Waals surface area contributed by atoms with Gasteiger partial charge >= 0.3 is 0 Å². The van der Waals surface area contributed by atoms with E-state index >= 15 is 0 Å². The summed E-state index contributed by atoms with van der Waals surface area (Å²) in [7, 11) is 0. The molecule has 0 spiro atoms. The molecule has 0 saturated heterocycles. The van der Waals surface area contributed by atoms with Crippen molar-refractivity contribution in [2.24, 2.45) is 5.73 Å². The molecule has 0 radical (unpaired) electrons. The molecule has 0 bridgehead atoms.